The molecule has 1 unspecified atom stereocenters. The molecule has 1 atom stereocenters. The smallest absolute Gasteiger partial charge is 0.303 e. The molecule has 1 aliphatic rings. The first-order chi connectivity index (χ1) is 19.9. The number of halogens is 1. The second-order valence-electron chi connectivity index (χ2n) is 9.77. The number of carbonyl (C=O) groups is 1. The van der Waals surface area contributed by atoms with Gasteiger partial charge in [-0.2, -0.15) is 0 Å². The molecule has 0 aliphatic heterocycles. The van der Waals surface area contributed by atoms with E-state index in [1.54, 1.807) is 0 Å². The molecule has 0 radical (unpaired) electrons. The van der Waals surface area contributed by atoms with Crippen molar-refractivity contribution in [3.8, 4) is 28.4 Å². The van der Waals surface area contributed by atoms with Crippen LogP contribution in [0.1, 0.15) is 38.9 Å². The number of rotatable bonds is 15. The van der Waals surface area contributed by atoms with Crippen LogP contribution in [0.4, 0.5) is 0 Å². The summed E-state index contributed by atoms with van der Waals surface area (Å²) in [6, 6.07) is 15.7. The largest absolute Gasteiger partial charge is 0.494 e. The Kier molecular flexibility index (Phi) is 11.2. The van der Waals surface area contributed by atoms with Gasteiger partial charge in [0.15, 0.2) is 0 Å². The lowest BCUT2D eigenvalue weighted by molar-refractivity contribution is -0.137. The predicted octanol–water partition coefficient (Wildman–Crippen LogP) is 7.05. The summed E-state index contributed by atoms with van der Waals surface area (Å²) in [4.78, 5) is 18.4. The summed E-state index contributed by atoms with van der Waals surface area (Å²) in [6.07, 6.45) is 13.5. The Morgan fingerprint density at radius 1 is 1.02 bits per heavy atom. The molecule has 0 saturated carbocycles. The summed E-state index contributed by atoms with van der Waals surface area (Å²) in [5.41, 5.74) is 2.71. The molecule has 2 aromatic carbocycles. The number of aromatic nitrogens is 2. The molecular weight excluding hydrogens is 538 g/mol. The molecule has 216 valence electrons. The highest BCUT2D eigenvalue weighted by atomic mass is 35.5. The molecule has 3 aromatic rings. The molecule has 0 bridgehead atoms. The molecule has 8 heteroatoms. The third-order valence-corrected chi connectivity index (χ3v) is 7.14. The van der Waals surface area contributed by atoms with Crippen molar-refractivity contribution in [2.75, 3.05) is 26.2 Å². The van der Waals surface area contributed by atoms with Gasteiger partial charge in [0, 0.05) is 36.8 Å². The first-order valence-corrected chi connectivity index (χ1v) is 14.6. The number of carboxylic acids is 1. The zero-order valence-electron chi connectivity index (χ0n) is 23.7. The minimum atomic E-state index is -0.810. The number of hydrogen-bond acceptors (Lipinski definition) is 5. The molecule has 0 fully saturated rings. The van der Waals surface area contributed by atoms with E-state index in [0.717, 1.165) is 54.6 Å². The summed E-state index contributed by atoms with van der Waals surface area (Å²) < 4.78 is 14.0. The molecule has 1 N–H and O–H groups in total. The molecular formula is C33H38ClN3O4. The number of alkyl halides is 1. The number of hydrogen-bond donors (Lipinski definition) is 1. The van der Waals surface area contributed by atoms with Crippen molar-refractivity contribution in [1.29, 1.82) is 0 Å². The summed E-state index contributed by atoms with van der Waals surface area (Å²) in [7, 11) is 0. The van der Waals surface area contributed by atoms with E-state index in [1.807, 2.05) is 89.7 Å². The Morgan fingerprint density at radius 2 is 1.76 bits per heavy atom. The maximum absolute atomic E-state index is 11.1. The van der Waals surface area contributed by atoms with Gasteiger partial charge in [-0.1, -0.05) is 32.1 Å². The quantitative estimate of drug-likeness (QED) is 0.154. The van der Waals surface area contributed by atoms with Crippen LogP contribution in [-0.4, -0.2) is 57.1 Å². The molecule has 0 spiro atoms. The van der Waals surface area contributed by atoms with Gasteiger partial charge in [-0.05, 0) is 86.6 Å². The van der Waals surface area contributed by atoms with E-state index < -0.39 is 5.97 Å². The Balaban J connectivity index is 1.47. The highest BCUT2D eigenvalue weighted by Gasteiger charge is 2.13. The number of nitrogens with zero attached hydrogens (tertiary/aromatic N) is 3. The minimum Gasteiger partial charge on any atom is -0.494 e. The normalized spacial score (nSPS) is 14.6. The van der Waals surface area contributed by atoms with Crippen molar-refractivity contribution in [3.05, 3.63) is 96.7 Å². The molecule has 1 heterocycles. The third-order valence-electron chi connectivity index (χ3n) is 6.85. The van der Waals surface area contributed by atoms with E-state index in [1.165, 1.54) is 0 Å². The van der Waals surface area contributed by atoms with Crippen LogP contribution in [0.15, 0.2) is 90.9 Å². The number of aliphatic carboxylic acids is 1. The van der Waals surface area contributed by atoms with E-state index >= 15 is 0 Å². The van der Waals surface area contributed by atoms with Gasteiger partial charge in [0.2, 0.25) is 0 Å². The van der Waals surface area contributed by atoms with E-state index in [0.29, 0.717) is 31.0 Å². The number of benzene rings is 2. The lowest BCUT2D eigenvalue weighted by Gasteiger charge is -2.17. The van der Waals surface area contributed by atoms with Crippen molar-refractivity contribution in [2.24, 2.45) is 0 Å². The first-order valence-electron chi connectivity index (χ1n) is 14.2. The number of imidazole rings is 1. The molecule has 1 aromatic heterocycles. The van der Waals surface area contributed by atoms with Gasteiger partial charge in [0.05, 0.1) is 17.7 Å². The van der Waals surface area contributed by atoms with Crippen LogP contribution in [0.2, 0.25) is 0 Å². The number of allylic oxidation sites excluding steroid dienone is 5. The number of ether oxygens (including phenoxy) is 2. The second kappa shape index (κ2) is 15.3. The van der Waals surface area contributed by atoms with Gasteiger partial charge >= 0.3 is 5.97 Å². The standard InChI is InChI=1S/C33H38ClN3O4/c1-3-36(4-2)22-7-23-40-28-17-12-25(13-18-28)31-24-37(32(35-31)10-6-11-33(38)39)27-15-20-30(21-16-27)41-29-9-5-8-26(34)14-19-29/h5,8-9,12-21,24,26H,3-4,6-7,10-11,22-23H2,1-2H3,(H,38,39). The van der Waals surface area contributed by atoms with E-state index in [4.69, 9.17) is 31.2 Å². The van der Waals surface area contributed by atoms with Crippen molar-refractivity contribution in [3.63, 3.8) is 0 Å². The average molecular weight is 576 g/mol. The maximum atomic E-state index is 11.1. The van der Waals surface area contributed by atoms with Gasteiger partial charge in [-0.15, -0.1) is 11.6 Å². The van der Waals surface area contributed by atoms with Gasteiger partial charge in [-0.3, -0.25) is 4.79 Å². The molecule has 0 amide bonds. The third kappa shape index (κ3) is 9.10. The van der Waals surface area contributed by atoms with Crippen LogP contribution in [0.3, 0.4) is 0 Å². The Hall–Kier alpha value is -3.81. The summed E-state index contributed by atoms with van der Waals surface area (Å²) in [5, 5.41) is 8.98. The first kappa shape index (κ1) is 30.2. The zero-order valence-corrected chi connectivity index (χ0v) is 24.5. The Labute approximate surface area is 247 Å². The highest BCUT2D eigenvalue weighted by molar-refractivity contribution is 6.23. The van der Waals surface area contributed by atoms with E-state index in [9.17, 15) is 4.79 Å². The SMILES string of the molecule is CCN(CC)CCCOc1ccc(-c2cn(-c3ccc(OC4=CC=CC(Cl)C=C4)cc3)c(CCCC(=O)O)n2)cc1. The minimum absolute atomic E-state index is 0.0928. The average Bonchev–Trinajstić information content (AvgIpc) is 3.29. The van der Waals surface area contributed by atoms with Crippen LogP contribution in [0, 0.1) is 0 Å². The van der Waals surface area contributed by atoms with Crippen LogP contribution < -0.4 is 9.47 Å². The number of aryl methyl sites for hydroxylation is 1. The van der Waals surface area contributed by atoms with Crippen LogP contribution in [-0.2, 0) is 11.2 Å². The van der Waals surface area contributed by atoms with E-state index in [2.05, 4.69) is 18.7 Å². The van der Waals surface area contributed by atoms with Crippen molar-refractivity contribution in [1.82, 2.24) is 14.5 Å². The van der Waals surface area contributed by atoms with Crippen LogP contribution in [0.5, 0.6) is 11.5 Å². The molecule has 4 rings (SSSR count). The Bertz CT molecular complexity index is 1360. The van der Waals surface area contributed by atoms with Gasteiger partial charge < -0.3 is 24.0 Å². The van der Waals surface area contributed by atoms with E-state index in [-0.39, 0.29) is 11.8 Å². The monoisotopic (exact) mass is 575 g/mol. The van der Waals surface area contributed by atoms with Crippen molar-refractivity contribution in [2.45, 2.75) is 44.9 Å². The zero-order chi connectivity index (χ0) is 29.0. The van der Waals surface area contributed by atoms with Gasteiger partial charge in [-0.25, -0.2) is 4.98 Å². The fourth-order valence-electron chi connectivity index (χ4n) is 4.54. The van der Waals surface area contributed by atoms with Gasteiger partial charge in [0.25, 0.3) is 0 Å². The lowest BCUT2D eigenvalue weighted by atomic mass is 10.1. The molecule has 1 aliphatic carbocycles. The predicted molar refractivity (Wildman–Crippen MR) is 164 cm³/mol. The Morgan fingerprint density at radius 3 is 2.46 bits per heavy atom. The number of carboxylic acid groups (broad SMARTS) is 1. The van der Waals surface area contributed by atoms with Crippen LogP contribution in [0.25, 0.3) is 16.9 Å². The van der Waals surface area contributed by atoms with Crippen molar-refractivity contribution >= 4 is 17.6 Å². The molecule has 7 nitrogen and oxygen atoms in total. The lowest BCUT2D eigenvalue weighted by Crippen LogP contribution is -2.25. The highest BCUT2D eigenvalue weighted by Crippen LogP contribution is 2.26. The fourth-order valence-corrected chi connectivity index (χ4v) is 4.69. The topological polar surface area (TPSA) is 76.8 Å². The summed E-state index contributed by atoms with van der Waals surface area (Å²) >= 11 is 6.13. The molecule has 0 saturated heterocycles. The second-order valence-corrected chi connectivity index (χ2v) is 10.3. The van der Waals surface area contributed by atoms with Gasteiger partial charge in [0.1, 0.15) is 23.1 Å². The van der Waals surface area contributed by atoms with Crippen LogP contribution >= 0.6 is 11.6 Å². The van der Waals surface area contributed by atoms with Crippen molar-refractivity contribution < 1.29 is 19.4 Å². The fraction of sp³-hybridized carbons (Fsp3) is 0.333. The summed E-state index contributed by atoms with van der Waals surface area (Å²) in [5.74, 6) is 2.23. The molecule has 41 heavy (non-hydrogen) atoms. The maximum Gasteiger partial charge on any atom is 0.303 e. The summed E-state index contributed by atoms with van der Waals surface area (Å²) in [6.45, 7) is 8.16.